The molecule has 0 N–H and O–H groups in total. The monoisotopic (exact) mass is 1930 g/mol. The number of hydrogen-bond acceptors (Lipinski definition) is 0. The first-order valence-corrected chi connectivity index (χ1v) is 58.8. The van der Waals surface area contributed by atoms with Crippen LogP contribution in [0.5, 0.6) is 0 Å². The molecule has 14 aromatic carbocycles. The molecular formula is C147H166. The molecule has 0 atom stereocenters. The van der Waals surface area contributed by atoms with Gasteiger partial charge in [-0.1, -0.05) is 371 Å². The summed E-state index contributed by atoms with van der Waals surface area (Å²) in [6.45, 7) is 49.1. The number of hydrogen-bond donors (Lipinski definition) is 0. The van der Waals surface area contributed by atoms with E-state index in [1.54, 1.807) is 55.6 Å². The van der Waals surface area contributed by atoms with Gasteiger partial charge in [-0.2, -0.15) is 0 Å². The summed E-state index contributed by atoms with van der Waals surface area (Å²) in [7, 11) is 0. The molecule has 0 heteroatoms. The topological polar surface area (TPSA) is 0 Å². The Hall–Kier alpha value is -10.9. The second kappa shape index (κ2) is 38.5. The van der Waals surface area contributed by atoms with Crippen molar-refractivity contribution < 1.29 is 0 Å². The first-order valence-electron chi connectivity index (χ1n) is 58.8. The predicted octanol–water partition coefficient (Wildman–Crippen LogP) is 42.3. The Morgan fingerprint density at radius 1 is 0.170 bits per heavy atom. The Kier molecular flexibility index (Phi) is 26.0. The van der Waals surface area contributed by atoms with Gasteiger partial charge in [0.15, 0.2) is 0 Å². The lowest BCUT2D eigenvalue weighted by molar-refractivity contribution is 0.137. The SMILES string of the molecule is CC(C)CCC1(CCC(C)C)c2ccccc2-c2ccc(-c3ccc4c(c3)C(C)(C)c3cc(-c5ccc6c(c5)C(CCC(C)C)(CCC(C)C)c5cc(-c7ccc8c(c7)C(C7CCCCC7)(C7CCCCC7)c7cc(-c9ccc%10c(c9)C(CCC(C)C)(CCC(C)C)c9cc(-c%11ccc%12c(c%11)C(C)(C)c%11cc(-c%13ccc%14c(c%13)C(CCC(C)C)(CCC(C)C)c%13ccccc%13-%14)ccc%11-%12)ccc9-%10)ccc7-8)ccc5-6)ccc3-4)cc21. The van der Waals surface area contributed by atoms with Crippen molar-refractivity contribution in [1.29, 1.82) is 0 Å². The van der Waals surface area contributed by atoms with Crippen LogP contribution in [-0.2, 0) is 37.9 Å². The molecule has 2 fully saturated rings. The second-order valence-corrected chi connectivity index (χ2v) is 52.8. The Morgan fingerprint density at radius 3 is 0.510 bits per heavy atom. The summed E-state index contributed by atoms with van der Waals surface area (Å²) in [6, 6.07) is 112. The van der Waals surface area contributed by atoms with E-state index in [-0.39, 0.29) is 37.9 Å². The van der Waals surface area contributed by atoms with E-state index in [4.69, 9.17) is 0 Å². The molecule has 0 nitrogen and oxygen atoms in total. The summed E-state index contributed by atoms with van der Waals surface area (Å²) in [5.41, 5.74) is 57.1. The van der Waals surface area contributed by atoms with Gasteiger partial charge in [0.25, 0.3) is 0 Å². The van der Waals surface area contributed by atoms with Gasteiger partial charge in [-0.05, 0) is 483 Å². The van der Waals surface area contributed by atoms with Gasteiger partial charge in [0.05, 0.1) is 0 Å². The van der Waals surface area contributed by atoms with Gasteiger partial charge >= 0.3 is 0 Å². The maximum Gasteiger partial charge on any atom is 0.0271 e. The lowest BCUT2D eigenvalue weighted by Gasteiger charge is -2.49. The highest BCUT2D eigenvalue weighted by atomic mass is 14.6. The minimum atomic E-state index is -0.195. The highest BCUT2D eigenvalue weighted by Crippen LogP contribution is 2.67. The van der Waals surface area contributed by atoms with Crippen molar-refractivity contribution in [2.24, 2.45) is 59.2 Å². The third kappa shape index (κ3) is 16.6. The van der Waals surface area contributed by atoms with Crippen molar-refractivity contribution in [2.45, 2.75) is 343 Å². The molecule has 0 unspecified atom stereocenters. The average molecular weight is 1930 g/mol. The van der Waals surface area contributed by atoms with E-state index >= 15 is 0 Å². The summed E-state index contributed by atoms with van der Waals surface area (Å²) in [5.74, 6) is 6.04. The van der Waals surface area contributed by atoms with Crippen LogP contribution in [0.25, 0.3) is 145 Å². The lowest BCUT2D eigenvalue weighted by Crippen LogP contribution is -2.44. The zero-order valence-corrected chi connectivity index (χ0v) is 93.1. The Morgan fingerprint density at radius 2 is 0.320 bits per heavy atom. The van der Waals surface area contributed by atoms with Crippen LogP contribution in [0.15, 0.2) is 267 Å². The van der Waals surface area contributed by atoms with Crippen molar-refractivity contribution >= 4 is 0 Å². The fraction of sp³-hybridized carbons (Fsp3) is 0.429. The fourth-order valence-electron chi connectivity index (χ4n) is 31.2. The van der Waals surface area contributed by atoms with Gasteiger partial charge in [0.2, 0.25) is 0 Å². The van der Waals surface area contributed by atoms with Crippen molar-refractivity contribution in [1.82, 2.24) is 0 Å². The molecule has 14 aromatic rings. The first-order chi connectivity index (χ1) is 70.8. The highest BCUT2D eigenvalue weighted by molar-refractivity contribution is 5.96. The van der Waals surface area contributed by atoms with Crippen LogP contribution in [0, 0.1) is 59.2 Å². The van der Waals surface area contributed by atoms with Crippen LogP contribution in [0.4, 0.5) is 0 Å². The molecule has 0 radical (unpaired) electrons. The lowest BCUT2D eigenvalue weighted by atomic mass is 9.54. The van der Waals surface area contributed by atoms with Crippen LogP contribution in [-0.4, -0.2) is 0 Å². The standard InChI is InChI=1S/C147H166/c1-91(2)63-71-143(72-64-92(3)4)127-37-29-27-35-113(127)119-55-43-103(83-133(119)143)99-39-51-115-117-53-41-101(81-131(117)141(17,18)129(115)79-99)105-45-57-121-123-59-47-107(87-137(123)145(135(121)85-105,75-67-95(9)10)76-68-96(11)12)109-49-61-125-126-62-50-110(90-140(126)147(139(125)89-109,111-31-23-21-24-32-111)112-33-25-22-26-34-112)108-48-60-124-122-58-46-106(86-136(122)146(138(124)88-108,77-69-97(13)14)78-70-98(15)16)102-42-54-118-116-52-40-100(80-130(116)142(19,20)132(118)82-102)104-44-56-120-114-36-28-30-38-128(114)144(134(120)84-104,73-65-93(5)6)74-66-94(7)8/h27-30,35-62,79-98,111-112H,21-26,31-34,63-78H2,1-20H3. The molecule has 0 aliphatic heterocycles. The van der Waals surface area contributed by atoms with E-state index in [1.807, 2.05) is 0 Å². The maximum atomic E-state index is 2.83. The Labute approximate surface area is 885 Å². The molecule has 9 aliphatic carbocycles. The van der Waals surface area contributed by atoms with Crippen LogP contribution >= 0.6 is 0 Å². The summed E-state index contributed by atoms with van der Waals surface area (Å²) in [4.78, 5) is 0. The highest BCUT2D eigenvalue weighted by Gasteiger charge is 2.56. The Bertz CT molecular complexity index is 6920. The number of fused-ring (bicyclic) bond motifs is 21. The minimum absolute atomic E-state index is 0.0151. The van der Waals surface area contributed by atoms with Gasteiger partial charge in [0, 0.05) is 37.9 Å². The fourth-order valence-corrected chi connectivity index (χ4v) is 31.2. The van der Waals surface area contributed by atoms with Crippen molar-refractivity contribution in [2.75, 3.05) is 0 Å². The molecule has 147 heavy (non-hydrogen) atoms. The number of benzene rings is 14. The van der Waals surface area contributed by atoms with Gasteiger partial charge in [-0.15, -0.1) is 0 Å². The molecule has 0 spiro atoms. The van der Waals surface area contributed by atoms with Crippen molar-refractivity contribution in [3.63, 3.8) is 0 Å². The van der Waals surface area contributed by atoms with E-state index in [0.717, 1.165) is 25.7 Å². The maximum absolute atomic E-state index is 2.83. The largest absolute Gasteiger partial charge is 0.0628 e. The van der Waals surface area contributed by atoms with Gasteiger partial charge in [-0.25, -0.2) is 0 Å². The molecule has 0 bridgehead atoms. The van der Waals surface area contributed by atoms with Crippen LogP contribution in [0.3, 0.4) is 0 Å². The summed E-state index contributed by atoms with van der Waals surface area (Å²) >= 11 is 0. The van der Waals surface area contributed by atoms with E-state index < -0.39 is 0 Å². The zero-order chi connectivity index (χ0) is 102. The third-order valence-corrected chi connectivity index (χ3v) is 39.5. The van der Waals surface area contributed by atoms with Crippen LogP contribution in [0.1, 0.15) is 383 Å². The average Bonchev–Trinajstić information content (AvgIpc) is 1.53. The molecule has 0 aromatic heterocycles. The Balaban J connectivity index is 0.573. The normalized spacial score (nSPS) is 17.4. The second-order valence-electron chi connectivity index (χ2n) is 52.8. The molecule has 0 heterocycles. The van der Waals surface area contributed by atoms with Crippen LogP contribution in [0.2, 0.25) is 0 Å². The van der Waals surface area contributed by atoms with E-state index in [9.17, 15) is 0 Å². The van der Waals surface area contributed by atoms with Crippen molar-refractivity contribution in [3.8, 4) is 145 Å². The van der Waals surface area contributed by atoms with Gasteiger partial charge < -0.3 is 0 Å². The molecule has 9 aliphatic rings. The van der Waals surface area contributed by atoms with Crippen molar-refractivity contribution in [3.05, 3.63) is 345 Å². The first kappa shape index (κ1) is 99.4. The smallest absolute Gasteiger partial charge is 0.0271 e. The van der Waals surface area contributed by atoms with E-state index in [0.29, 0.717) is 59.2 Å². The van der Waals surface area contributed by atoms with E-state index in [1.165, 1.54) is 308 Å². The number of rotatable bonds is 32. The van der Waals surface area contributed by atoms with Gasteiger partial charge in [-0.3, -0.25) is 0 Å². The zero-order valence-electron chi connectivity index (χ0n) is 93.1. The van der Waals surface area contributed by atoms with Gasteiger partial charge in [0.1, 0.15) is 0 Å². The summed E-state index contributed by atoms with van der Waals surface area (Å²) in [6.07, 6.45) is 32.1. The molecule has 0 saturated heterocycles. The van der Waals surface area contributed by atoms with E-state index in [2.05, 4.69) is 405 Å². The molecular weight excluding hydrogens is 1770 g/mol. The third-order valence-electron chi connectivity index (χ3n) is 39.5. The predicted molar refractivity (Wildman–Crippen MR) is 631 cm³/mol. The summed E-state index contributed by atoms with van der Waals surface area (Å²) < 4.78 is 0. The molecule has 754 valence electrons. The molecule has 2 saturated carbocycles. The molecule has 0 amide bonds. The minimum Gasteiger partial charge on any atom is -0.0628 e. The quantitative estimate of drug-likeness (QED) is 0.0394. The van der Waals surface area contributed by atoms with Crippen LogP contribution < -0.4 is 0 Å². The molecule has 23 rings (SSSR count). The summed E-state index contributed by atoms with van der Waals surface area (Å²) in [5, 5.41) is 0.